The lowest BCUT2D eigenvalue weighted by atomic mass is 9.99. The van der Waals surface area contributed by atoms with Crippen molar-refractivity contribution in [2.45, 2.75) is 47.5 Å². The summed E-state index contributed by atoms with van der Waals surface area (Å²) >= 11 is 1.41. The number of nitriles is 1. The molecule has 3 aromatic rings. The first kappa shape index (κ1) is 33.7. The van der Waals surface area contributed by atoms with Gasteiger partial charge >= 0.3 is 0 Å². The third-order valence-corrected chi connectivity index (χ3v) is 12.1. The standard InChI is InChI=1S/C36H42FN6OPS/c1-6-9-10-27(29-22-39-35(40-23-29)42-17-19-44-20-18-42)13-16-31-25(4)24-45(8-3)34(26(31)5)43(7-2)36-41-33(32(21-38)46-36)28-11-14-30(37)15-12-28/h10-16,22-23H,6-9,17-20,24H2,1-5H3/b16-13-,27-10-. The molecule has 0 amide bonds. The maximum atomic E-state index is 13.6. The molecule has 1 atom stereocenters. The molecule has 0 N–H and O–H groups in total. The Balaban J connectivity index is 1.48. The second-order valence-electron chi connectivity index (χ2n) is 11.3. The van der Waals surface area contributed by atoms with Crippen LogP contribution in [-0.2, 0) is 4.74 Å². The van der Waals surface area contributed by atoms with Crippen LogP contribution in [0.3, 0.4) is 0 Å². The normalized spacial score (nSPS) is 17.6. The third kappa shape index (κ3) is 7.47. The Morgan fingerprint density at radius 1 is 1.13 bits per heavy atom. The van der Waals surface area contributed by atoms with E-state index in [0.717, 1.165) is 72.6 Å². The summed E-state index contributed by atoms with van der Waals surface area (Å²) in [4.78, 5) is 19.4. The van der Waals surface area contributed by atoms with E-state index in [2.05, 4.69) is 68.7 Å². The number of benzene rings is 1. The highest BCUT2D eigenvalue weighted by atomic mass is 32.1. The molecule has 0 bridgehead atoms. The largest absolute Gasteiger partial charge is 0.378 e. The highest BCUT2D eigenvalue weighted by Gasteiger charge is 2.30. The van der Waals surface area contributed by atoms with Crippen molar-refractivity contribution in [1.82, 2.24) is 15.0 Å². The van der Waals surface area contributed by atoms with Gasteiger partial charge in [-0.15, -0.1) is 0 Å². The lowest BCUT2D eigenvalue weighted by molar-refractivity contribution is 0.122. The van der Waals surface area contributed by atoms with E-state index >= 15 is 0 Å². The van der Waals surface area contributed by atoms with Gasteiger partial charge in [-0.25, -0.2) is 19.3 Å². The number of aromatic nitrogens is 3. The topological polar surface area (TPSA) is 78.2 Å². The lowest BCUT2D eigenvalue weighted by Gasteiger charge is -2.36. The van der Waals surface area contributed by atoms with Gasteiger partial charge in [0.2, 0.25) is 5.95 Å². The Kier molecular flexibility index (Phi) is 11.5. The number of thiazole rings is 1. The van der Waals surface area contributed by atoms with Crippen molar-refractivity contribution < 1.29 is 9.13 Å². The van der Waals surface area contributed by atoms with Crippen LogP contribution in [0.15, 0.2) is 77.0 Å². The van der Waals surface area contributed by atoms with Crippen LogP contribution >= 0.6 is 19.3 Å². The fraction of sp³-hybridized carbons (Fsp3) is 0.389. The zero-order valence-corrected chi connectivity index (χ0v) is 29.1. The average molecular weight is 657 g/mol. The van der Waals surface area contributed by atoms with E-state index in [1.807, 2.05) is 12.4 Å². The first-order chi connectivity index (χ1) is 22.4. The minimum absolute atomic E-state index is 0.308. The summed E-state index contributed by atoms with van der Waals surface area (Å²) in [5, 5.41) is 10.8. The summed E-state index contributed by atoms with van der Waals surface area (Å²) in [5.74, 6) is 0.439. The first-order valence-corrected chi connectivity index (χ1v) is 18.5. The molecule has 2 aromatic heterocycles. The van der Waals surface area contributed by atoms with Crippen molar-refractivity contribution in [1.29, 1.82) is 5.26 Å². The zero-order valence-electron chi connectivity index (χ0n) is 27.4. The van der Waals surface area contributed by atoms with Gasteiger partial charge in [-0.2, -0.15) is 5.26 Å². The Hall–Kier alpha value is -3.70. The molecular formula is C36H42FN6OPS. The van der Waals surface area contributed by atoms with E-state index in [1.54, 1.807) is 12.1 Å². The molecule has 0 aliphatic carbocycles. The minimum Gasteiger partial charge on any atom is -0.378 e. The van der Waals surface area contributed by atoms with Gasteiger partial charge in [-0.1, -0.05) is 63.3 Å². The third-order valence-electron chi connectivity index (χ3n) is 8.29. The number of halogens is 1. The molecule has 46 heavy (non-hydrogen) atoms. The molecule has 1 aromatic carbocycles. The number of ether oxygens (including phenoxy) is 1. The fourth-order valence-electron chi connectivity index (χ4n) is 5.86. The van der Waals surface area contributed by atoms with E-state index in [-0.39, 0.29) is 5.82 Å². The van der Waals surface area contributed by atoms with Crippen LogP contribution in [-0.4, -0.2) is 60.1 Å². The van der Waals surface area contributed by atoms with Gasteiger partial charge in [0.1, 0.15) is 22.5 Å². The molecule has 1 unspecified atom stereocenters. The van der Waals surface area contributed by atoms with Crippen molar-refractivity contribution in [2.24, 2.45) is 0 Å². The van der Waals surface area contributed by atoms with Crippen LogP contribution in [0.25, 0.3) is 16.8 Å². The van der Waals surface area contributed by atoms with Crippen LogP contribution in [0.4, 0.5) is 15.5 Å². The molecule has 0 saturated carbocycles. The Morgan fingerprint density at radius 3 is 2.48 bits per heavy atom. The second-order valence-corrected chi connectivity index (χ2v) is 14.8. The molecule has 2 aliphatic heterocycles. The van der Waals surface area contributed by atoms with Crippen molar-refractivity contribution in [3.05, 3.63) is 93.3 Å². The van der Waals surface area contributed by atoms with Crippen LogP contribution in [0.5, 0.6) is 0 Å². The molecular weight excluding hydrogens is 614 g/mol. The zero-order chi connectivity index (χ0) is 32.6. The van der Waals surface area contributed by atoms with Crippen molar-refractivity contribution in [3.63, 3.8) is 0 Å². The van der Waals surface area contributed by atoms with Crippen LogP contribution < -0.4 is 9.80 Å². The van der Waals surface area contributed by atoms with Gasteiger partial charge in [-0.3, -0.25) is 0 Å². The van der Waals surface area contributed by atoms with Crippen LogP contribution in [0, 0.1) is 17.1 Å². The molecule has 2 aliphatic rings. The van der Waals surface area contributed by atoms with Gasteiger partial charge in [0.05, 0.1) is 13.2 Å². The summed E-state index contributed by atoms with van der Waals surface area (Å²) in [5.41, 5.74) is 8.66. The predicted molar refractivity (Wildman–Crippen MR) is 190 cm³/mol. The van der Waals surface area contributed by atoms with E-state index < -0.39 is 7.92 Å². The predicted octanol–water partition coefficient (Wildman–Crippen LogP) is 8.78. The van der Waals surface area contributed by atoms with Gasteiger partial charge in [0.25, 0.3) is 0 Å². The van der Waals surface area contributed by atoms with Crippen molar-refractivity contribution >= 4 is 35.9 Å². The van der Waals surface area contributed by atoms with Gasteiger partial charge in [-0.05, 0) is 80.5 Å². The van der Waals surface area contributed by atoms with Gasteiger partial charge in [0, 0.05) is 48.6 Å². The van der Waals surface area contributed by atoms with Crippen LogP contribution in [0.1, 0.15) is 57.9 Å². The number of hydrogen-bond acceptors (Lipinski definition) is 8. The molecule has 5 rings (SSSR count). The molecule has 1 saturated heterocycles. The number of unbranched alkanes of at least 4 members (excludes halogenated alkanes) is 1. The van der Waals surface area contributed by atoms with E-state index in [0.29, 0.717) is 23.8 Å². The monoisotopic (exact) mass is 656 g/mol. The Morgan fingerprint density at radius 2 is 1.85 bits per heavy atom. The molecule has 1 fully saturated rings. The summed E-state index contributed by atoms with van der Waals surface area (Å²) in [6.07, 6.45) is 14.7. The maximum Gasteiger partial charge on any atom is 0.225 e. The average Bonchev–Trinajstić information content (AvgIpc) is 3.52. The van der Waals surface area contributed by atoms with E-state index in [4.69, 9.17) is 19.7 Å². The molecule has 240 valence electrons. The van der Waals surface area contributed by atoms with Crippen molar-refractivity contribution in [3.8, 4) is 17.3 Å². The smallest absolute Gasteiger partial charge is 0.225 e. The summed E-state index contributed by atoms with van der Waals surface area (Å²) in [7, 11) is -0.460. The number of allylic oxidation sites excluding steroid dienone is 7. The number of anilines is 2. The highest BCUT2D eigenvalue weighted by Crippen LogP contribution is 2.55. The molecule has 4 heterocycles. The van der Waals surface area contributed by atoms with Gasteiger partial charge in [0.15, 0.2) is 5.13 Å². The quantitative estimate of drug-likeness (QED) is 0.151. The lowest BCUT2D eigenvalue weighted by Crippen LogP contribution is -2.37. The number of hydrogen-bond donors (Lipinski definition) is 0. The van der Waals surface area contributed by atoms with Gasteiger partial charge < -0.3 is 14.5 Å². The summed E-state index contributed by atoms with van der Waals surface area (Å²) in [6, 6.07) is 8.54. The summed E-state index contributed by atoms with van der Waals surface area (Å²) in [6.45, 7) is 14.8. The minimum atomic E-state index is -0.460. The van der Waals surface area contributed by atoms with E-state index in [1.165, 1.54) is 45.6 Å². The molecule has 7 nitrogen and oxygen atoms in total. The molecule has 10 heteroatoms. The maximum absolute atomic E-state index is 13.6. The Labute approximate surface area is 277 Å². The summed E-state index contributed by atoms with van der Waals surface area (Å²) < 4.78 is 19.1. The fourth-order valence-corrected chi connectivity index (χ4v) is 9.47. The first-order valence-electron chi connectivity index (χ1n) is 16.0. The second kappa shape index (κ2) is 15.7. The number of rotatable bonds is 11. The number of nitrogens with zero attached hydrogens (tertiary/aromatic N) is 6. The van der Waals surface area contributed by atoms with Crippen LogP contribution in [0.2, 0.25) is 0 Å². The number of morpholine rings is 1. The highest BCUT2D eigenvalue weighted by molar-refractivity contribution is 7.62. The molecule has 0 radical (unpaired) electrons. The molecule has 0 spiro atoms. The Bertz CT molecular complexity index is 1680. The van der Waals surface area contributed by atoms with E-state index in [9.17, 15) is 9.65 Å². The van der Waals surface area contributed by atoms with Crippen molar-refractivity contribution in [2.75, 3.05) is 55.0 Å². The SMILES string of the molecule is CCC/C=C(/C=C\C1=C(C)CP(CC)C(N(CC)c2nc(-c3ccc(F)cc3)c(C#N)s2)=C1C)c1cnc(N2CCOCC2)nc1.